The van der Waals surface area contributed by atoms with Crippen LogP contribution in [0.4, 0.5) is 11.9 Å². The van der Waals surface area contributed by atoms with Gasteiger partial charge in [-0.15, -0.1) is 0 Å². The Kier molecular flexibility index (Phi) is 6.97. The lowest BCUT2D eigenvalue weighted by atomic mass is 10.4. The monoisotopic (exact) mass is 343 g/mol. The van der Waals surface area contributed by atoms with Gasteiger partial charge >= 0.3 is 0 Å². The summed E-state index contributed by atoms with van der Waals surface area (Å²) in [5, 5.41) is 20.6. The highest BCUT2D eigenvalue weighted by Crippen LogP contribution is 2.36. The van der Waals surface area contributed by atoms with Crippen molar-refractivity contribution in [3.63, 3.8) is 0 Å². The van der Waals surface area contributed by atoms with E-state index in [-0.39, 0.29) is 30.9 Å². The summed E-state index contributed by atoms with van der Waals surface area (Å²) in [6.07, 6.45) is 0.538. The largest absolute Gasteiger partial charge is 0.396 e. The molecule has 0 saturated carbocycles. The first-order valence-electron chi connectivity index (χ1n) is 5.88. The molecule has 0 aliphatic rings. The van der Waals surface area contributed by atoms with E-state index >= 15 is 0 Å². The van der Waals surface area contributed by atoms with Crippen molar-refractivity contribution in [1.82, 2.24) is 15.0 Å². The number of likely N-dealkylation sites (N-methyl/N-ethyl adjacent to an activating group) is 1. The second-order valence-corrected chi connectivity index (χ2v) is 6.21. The van der Waals surface area contributed by atoms with E-state index in [1.807, 2.05) is 0 Å². The molecule has 0 amide bonds. The summed E-state index contributed by atoms with van der Waals surface area (Å²) >= 11 is 17.4. The molecule has 0 fully saturated rings. The van der Waals surface area contributed by atoms with Gasteiger partial charge in [0, 0.05) is 26.7 Å². The highest BCUT2D eigenvalue weighted by Gasteiger charge is 2.28. The normalized spacial score (nSPS) is 11.5. The van der Waals surface area contributed by atoms with Crippen molar-refractivity contribution in [3.8, 4) is 0 Å². The Morgan fingerprint density at radius 1 is 1.15 bits per heavy atom. The average molecular weight is 345 g/mol. The van der Waals surface area contributed by atoms with Gasteiger partial charge in [-0.25, -0.2) is 0 Å². The molecule has 1 heterocycles. The number of aliphatic hydroxyl groups is 2. The Labute approximate surface area is 131 Å². The summed E-state index contributed by atoms with van der Waals surface area (Å²) in [6, 6.07) is 0. The smallest absolute Gasteiger partial charge is 0.250 e. The van der Waals surface area contributed by atoms with Gasteiger partial charge in [0.05, 0.1) is 6.61 Å². The molecule has 0 aliphatic heterocycles. The van der Waals surface area contributed by atoms with E-state index in [1.165, 1.54) is 0 Å². The summed E-state index contributed by atoms with van der Waals surface area (Å²) < 4.78 is -1.77. The lowest BCUT2D eigenvalue weighted by Crippen LogP contribution is -2.26. The van der Waals surface area contributed by atoms with Gasteiger partial charge in [0.1, 0.15) is 0 Å². The number of halogens is 3. The minimum absolute atomic E-state index is 0.0104. The zero-order chi connectivity index (χ0) is 15.2. The molecule has 0 radical (unpaired) electrons. The van der Waals surface area contributed by atoms with Gasteiger partial charge in [-0.05, 0) is 6.42 Å². The molecule has 0 saturated heterocycles. The minimum Gasteiger partial charge on any atom is -0.396 e. The fourth-order valence-corrected chi connectivity index (χ4v) is 1.52. The van der Waals surface area contributed by atoms with Crippen LogP contribution < -0.4 is 10.2 Å². The van der Waals surface area contributed by atoms with Crippen LogP contribution in [0.5, 0.6) is 0 Å². The van der Waals surface area contributed by atoms with Gasteiger partial charge in [0.25, 0.3) is 0 Å². The summed E-state index contributed by atoms with van der Waals surface area (Å²) in [6.45, 7) is 0.799. The summed E-state index contributed by atoms with van der Waals surface area (Å²) in [5.41, 5.74) is 0. The first-order chi connectivity index (χ1) is 9.38. The molecular formula is C10H16Cl3N5O2. The maximum absolute atomic E-state index is 8.94. The van der Waals surface area contributed by atoms with Gasteiger partial charge in [0.15, 0.2) is 5.82 Å². The van der Waals surface area contributed by atoms with Crippen LogP contribution >= 0.6 is 34.8 Å². The van der Waals surface area contributed by atoms with Crippen molar-refractivity contribution < 1.29 is 10.2 Å². The maximum Gasteiger partial charge on any atom is 0.250 e. The van der Waals surface area contributed by atoms with E-state index < -0.39 is 3.79 Å². The molecular weight excluding hydrogens is 329 g/mol. The standard InChI is InChI=1S/C10H16Cl3N5O2/c1-18(4-6-20)9-16-7(10(11,12)13)15-8(17-9)14-3-2-5-19/h19-20H,2-6H2,1H3,(H,14,15,16,17). The second-order valence-electron chi connectivity index (χ2n) is 3.93. The van der Waals surface area contributed by atoms with Crippen molar-refractivity contribution in [2.45, 2.75) is 10.2 Å². The maximum atomic E-state index is 8.94. The summed E-state index contributed by atoms with van der Waals surface area (Å²) in [5.74, 6) is 0.514. The third kappa shape index (κ3) is 5.41. The Bertz CT molecular complexity index is 430. The number of aromatic nitrogens is 3. The van der Waals surface area contributed by atoms with Crippen LogP contribution in [0.25, 0.3) is 0 Å². The van der Waals surface area contributed by atoms with Gasteiger partial charge in [0.2, 0.25) is 15.7 Å². The Balaban J connectivity index is 3.01. The molecule has 0 aliphatic carbocycles. The first kappa shape index (κ1) is 17.5. The number of alkyl halides is 3. The predicted octanol–water partition coefficient (Wildman–Crippen LogP) is 0.921. The topological polar surface area (TPSA) is 94.4 Å². The summed E-state index contributed by atoms with van der Waals surface area (Å²) in [7, 11) is 1.70. The van der Waals surface area contributed by atoms with Crippen LogP contribution in [0.1, 0.15) is 12.2 Å². The SMILES string of the molecule is CN(CCO)c1nc(NCCCO)nc(C(Cl)(Cl)Cl)n1. The number of nitrogens with one attached hydrogen (secondary N) is 1. The molecule has 10 heteroatoms. The fourth-order valence-electron chi connectivity index (χ4n) is 1.27. The summed E-state index contributed by atoms with van der Waals surface area (Å²) in [4.78, 5) is 13.8. The van der Waals surface area contributed by atoms with E-state index in [4.69, 9.17) is 45.0 Å². The molecule has 0 bridgehead atoms. The number of hydrogen-bond acceptors (Lipinski definition) is 7. The van der Waals surface area contributed by atoms with Gasteiger partial charge in [-0.3, -0.25) is 0 Å². The number of nitrogens with zero attached hydrogens (tertiary/aromatic N) is 4. The highest BCUT2D eigenvalue weighted by atomic mass is 35.6. The van der Waals surface area contributed by atoms with Crippen LogP contribution in [0.15, 0.2) is 0 Å². The van der Waals surface area contributed by atoms with Crippen LogP contribution in [0.3, 0.4) is 0 Å². The van der Waals surface area contributed by atoms with Crippen LogP contribution in [0, 0.1) is 0 Å². The second kappa shape index (κ2) is 7.99. The van der Waals surface area contributed by atoms with Gasteiger partial charge in [-0.1, -0.05) is 34.8 Å². The molecule has 0 aromatic carbocycles. The van der Waals surface area contributed by atoms with Crippen molar-refractivity contribution in [2.75, 3.05) is 43.6 Å². The molecule has 1 rings (SSSR count). The number of rotatable bonds is 7. The van der Waals surface area contributed by atoms with Crippen molar-refractivity contribution in [1.29, 1.82) is 0 Å². The number of hydrogen-bond donors (Lipinski definition) is 3. The Morgan fingerprint density at radius 2 is 1.85 bits per heavy atom. The minimum atomic E-state index is -1.77. The van der Waals surface area contributed by atoms with Crippen LogP contribution in [0.2, 0.25) is 0 Å². The van der Waals surface area contributed by atoms with Gasteiger partial charge in [-0.2, -0.15) is 15.0 Å². The van der Waals surface area contributed by atoms with Crippen LogP contribution in [-0.2, 0) is 3.79 Å². The molecule has 0 atom stereocenters. The Morgan fingerprint density at radius 3 is 2.40 bits per heavy atom. The first-order valence-corrected chi connectivity index (χ1v) is 7.02. The quantitative estimate of drug-likeness (QED) is 0.500. The van der Waals surface area contributed by atoms with Gasteiger partial charge < -0.3 is 20.4 Å². The molecule has 20 heavy (non-hydrogen) atoms. The van der Waals surface area contributed by atoms with E-state index in [0.29, 0.717) is 19.5 Å². The third-order valence-electron chi connectivity index (χ3n) is 2.27. The van der Waals surface area contributed by atoms with E-state index in [0.717, 1.165) is 0 Å². The molecule has 7 nitrogen and oxygen atoms in total. The third-order valence-corrected chi connectivity index (χ3v) is 2.78. The van der Waals surface area contributed by atoms with Crippen molar-refractivity contribution in [3.05, 3.63) is 5.82 Å². The molecule has 0 unspecified atom stereocenters. The lowest BCUT2D eigenvalue weighted by molar-refractivity contribution is 0.292. The fraction of sp³-hybridized carbons (Fsp3) is 0.700. The molecule has 1 aromatic heterocycles. The lowest BCUT2D eigenvalue weighted by Gasteiger charge is -2.19. The zero-order valence-electron chi connectivity index (χ0n) is 10.9. The molecule has 1 aromatic rings. The predicted molar refractivity (Wildman–Crippen MR) is 79.6 cm³/mol. The van der Waals surface area contributed by atoms with E-state index in [1.54, 1.807) is 11.9 Å². The number of anilines is 2. The Hall–Kier alpha value is -0.600. The molecule has 0 spiro atoms. The highest BCUT2D eigenvalue weighted by molar-refractivity contribution is 6.66. The molecule has 114 valence electrons. The van der Waals surface area contributed by atoms with Crippen molar-refractivity contribution >= 4 is 46.7 Å². The average Bonchev–Trinajstić information content (AvgIpc) is 2.38. The van der Waals surface area contributed by atoms with E-state index in [9.17, 15) is 0 Å². The van der Waals surface area contributed by atoms with Crippen LogP contribution in [-0.4, -0.2) is 58.5 Å². The van der Waals surface area contributed by atoms with Crippen molar-refractivity contribution in [2.24, 2.45) is 0 Å². The number of aliphatic hydroxyl groups excluding tert-OH is 2. The molecule has 3 N–H and O–H groups in total. The van der Waals surface area contributed by atoms with E-state index in [2.05, 4.69) is 20.3 Å². The zero-order valence-corrected chi connectivity index (χ0v) is 13.1.